The Labute approximate surface area is 255 Å². The maximum Gasteiger partial charge on any atom is 0.224 e. The number of halogens is 1. The number of benzene rings is 1. The zero-order chi connectivity index (χ0) is 28.7. The van der Waals surface area contributed by atoms with Gasteiger partial charge in [0.25, 0.3) is 0 Å². The maximum absolute atomic E-state index is 9.69. The number of nitriles is 1. The third-order valence-corrected chi connectivity index (χ3v) is 10.5. The summed E-state index contributed by atoms with van der Waals surface area (Å²) in [6.45, 7) is 3.20. The lowest BCUT2D eigenvalue weighted by Gasteiger charge is -2.48. The number of hydrogen-bond acceptors (Lipinski definition) is 8. The molecule has 226 valence electrons. The Bertz CT molecular complexity index is 1190. The van der Waals surface area contributed by atoms with Crippen LogP contribution in [0.5, 0.6) is 0 Å². The van der Waals surface area contributed by atoms with Crippen LogP contribution in [0.15, 0.2) is 30.5 Å². The van der Waals surface area contributed by atoms with Crippen molar-refractivity contribution in [1.82, 2.24) is 20.6 Å². The summed E-state index contributed by atoms with van der Waals surface area (Å²) in [5, 5.41) is 25.3. The molecule has 1 aliphatic heterocycles. The molecule has 4 aliphatic rings. The minimum atomic E-state index is 0.482. The van der Waals surface area contributed by atoms with Gasteiger partial charge in [0.15, 0.2) is 0 Å². The molecule has 0 amide bonds. The fourth-order valence-electron chi connectivity index (χ4n) is 7.94. The van der Waals surface area contributed by atoms with Crippen molar-refractivity contribution in [3.8, 4) is 6.07 Å². The molecule has 1 saturated heterocycles. The Morgan fingerprint density at radius 1 is 0.881 bits per heavy atom. The van der Waals surface area contributed by atoms with Gasteiger partial charge in [0.2, 0.25) is 5.95 Å². The molecule has 1 aromatic carbocycles. The SMILES string of the molecule is N#Cc1cnc(NCc2ccccc2Cl)nc1NCC1C[C@H]2CCC[C@@H](C1)C2NC1CCC(NC2CCOCC2)CC1. The normalized spacial score (nSPS) is 29.9. The van der Waals surface area contributed by atoms with E-state index in [4.69, 9.17) is 16.3 Å². The van der Waals surface area contributed by atoms with Crippen LogP contribution in [-0.4, -0.2) is 53.9 Å². The third kappa shape index (κ3) is 7.55. The zero-order valence-corrected chi connectivity index (χ0v) is 25.4. The summed E-state index contributed by atoms with van der Waals surface area (Å²) in [6.07, 6.45) is 15.6. The molecule has 3 saturated carbocycles. The lowest BCUT2D eigenvalue weighted by molar-refractivity contribution is 0.0665. The molecule has 4 atom stereocenters. The molecular formula is C33H46ClN7O. The molecule has 2 aromatic rings. The van der Waals surface area contributed by atoms with Crippen molar-refractivity contribution in [1.29, 1.82) is 5.26 Å². The quantitative estimate of drug-likeness (QED) is 0.271. The van der Waals surface area contributed by atoms with Crippen molar-refractivity contribution >= 4 is 23.4 Å². The summed E-state index contributed by atoms with van der Waals surface area (Å²) in [4.78, 5) is 9.01. The summed E-state index contributed by atoms with van der Waals surface area (Å²) in [7, 11) is 0. The molecule has 0 radical (unpaired) electrons. The van der Waals surface area contributed by atoms with Crippen LogP contribution >= 0.6 is 11.6 Å². The molecule has 4 fully saturated rings. The predicted octanol–water partition coefficient (Wildman–Crippen LogP) is 5.89. The van der Waals surface area contributed by atoms with E-state index in [9.17, 15) is 5.26 Å². The number of hydrogen-bond donors (Lipinski definition) is 4. The minimum absolute atomic E-state index is 0.482. The van der Waals surface area contributed by atoms with E-state index in [2.05, 4.69) is 37.3 Å². The molecule has 2 heterocycles. The van der Waals surface area contributed by atoms with E-state index in [0.717, 1.165) is 50.0 Å². The first kappa shape index (κ1) is 29.6. The number of nitrogens with zero attached hydrogens (tertiary/aromatic N) is 3. The van der Waals surface area contributed by atoms with E-state index in [1.165, 1.54) is 57.8 Å². The smallest absolute Gasteiger partial charge is 0.224 e. The van der Waals surface area contributed by atoms with Gasteiger partial charge in [-0.25, -0.2) is 4.98 Å². The number of aromatic nitrogens is 2. The largest absolute Gasteiger partial charge is 0.381 e. The van der Waals surface area contributed by atoms with E-state index >= 15 is 0 Å². The summed E-state index contributed by atoms with van der Waals surface area (Å²) < 4.78 is 5.53. The highest BCUT2D eigenvalue weighted by Gasteiger charge is 2.41. The Morgan fingerprint density at radius 2 is 1.57 bits per heavy atom. The molecule has 8 nitrogen and oxygen atoms in total. The molecule has 2 bridgehead atoms. The topological polar surface area (TPSA) is 107 Å². The fraction of sp³-hybridized carbons (Fsp3) is 0.667. The summed E-state index contributed by atoms with van der Waals surface area (Å²) >= 11 is 6.30. The van der Waals surface area contributed by atoms with Gasteiger partial charge in [-0.3, -0.25) is 0 Å². The van der Waals surface area contributed by atoms with Crippen LogP contribution in [0.3, 0.4) is 0 Å². The van der Waals surface area contributed by atoms with Crippen LogP contribution in [0.4, 0.5) is 11.8 Å². The molecule has 6 rings (SSSR count). The van der Waals surface area contributed by atoms with Gasteiger partial charge in [0, 0.05) is 55.5 Å². The van der Waals surface area contributed by atoms with Crippen molar-refractivity contribution in [3.63, 3.8) is 0 Å². The second-order valence-electron chi connectivity index (χ2n) is 13.0. The molecule has 3 aliphatic carbocycles. The summed E-state index contributed by atoms with van der Waals surface area (Å²) in [5.74, 6) is 3.20. The summed E-state index contributed by atoms with van der Waals surface area (Å²) in [6, 6.07) is 12.7. The Hall–Kier alpha value is -2.44. The van der Waals surface area contributed by atoms with Gasteiger partial charge in [-0.1, -0.05) is 36.2 Å². The highest BCUT2D eigenvalue weighted by atomic mass is 35.5. The lowest BCUT2D eigenvalue weighted by atomic mass is 9.64. The predicted molar refractivity (Wildman–Crippen MR) is 168 cm³/mol. The first-order valence-corrected chi connectivity index (χ1v) is 16.6. The van der Waals surface area contributed by atoms with Crippen LogP contribution in [0.1, 0.15) is 81.8 Å². The third-order valence-electron chi connectivity index (χ3n) is 10.1. The number of ether oxygens (including phenoxy) is 1. The van der Waals surface area contributed by atoms with Crippen LogP contribution in [0.2, 0.25) is 5.02 Å². The van der Waals surface area contributed by atoms with Crippen LogP contribution < -0.4 is 21.3 Å². The Kier molecular flexibility index (Phi) is 10.1. The van der Waals surface area contributed by atoms with Gasteiger partial charge in [0.05, 0.1) is 6.20 Å². The fourth-order valence-corrected chi connectivity index (χ4v) is 8.15. The van der Waals surface area contributed by atoms with Gasteiger partial charge in [-0.2, -0.15) is 10.2 Å². The maximum atomic E-state index is 9.69. The Balaban J connectivity index is 0.989. The van der Waals surface area contributed by atoms with Crippen molar-refractivity contribution in [2.45, 2.75) is 101 Å². The van der Waals surface area contributed by atoms with Gasteiger partial charge in [-0.05, 0) is 93.6 Å². The van der Waals surface area contributed by atoms with E-state index in [1.807, 2.05) is 24.3 Å². The first-order valence-electron chi connectivity index (χ1n) is 16.2. The van der Waals surface area contributed by atoms with Crippen molar-refractivity contribution in [2.75, 3.05) is 30.4 Å². The Morgan fingerprint density at radius 3 is 2.29 bits per heavy atom. The van der Waals surface area contributed by atoms with E-state index in [0.29, 0.717) is 59.0 Å². The number of nitrogens with one attached hydrogen (secondary N) is 4. The van der Waals surface area contributed by atoms with Gasteiger partial charge in [0.1, 0.15) is 17.5 Å². The second kappa shape index (κ2) is 14.4. The number of fused-ring (bicyclic) bond motifs is 2. The van der Waals surface area contributed by atoms with Crippen LogP contribution in [0.25, 0.3) is 0 Å². The second-order valence-corrected chi connectivity index (χ2v) is 13.4. The highest BCUT2D eigenvalue weighted by Crippen LogP contribution is 2.43. The first-order chi connectivity index (χ1) is 20.6. The molecule has 2 unspecified atom stereocenters. The zero-order valence-electron chi connectivity index (χ0n) is 24.7. The lowest BCUT2D eigenvalue weighted by Crippen LogP contribution is -2.54. The highest BCUT2D eigenvalue weighted by molar-refractivity contribution is 6.31. The average Bonchev–Trinajstić information content (AvgIpc) is 3.01. The van der Waals surface area contributed by atoms with Crippen LogP contribution in [-0.2, 0) is 11.3 Å². The van der Waals surface area contributed by atoms with E-state index in [1.54, 1.807) is 6.20 Å². The standard InChI is InChI=1S/C33H46ClN7O/c34-30-7-2-1-4-25(30)20-37-33-38-21-26(18-35)32(41-33)36-19-22-16-23-5-3-6-24(17-22)31(23)40-28-10-8-27(9-11-28)39-29-12-14-42-15-13-29/h1-2,4,7,21-24,27-29,31,39-40H,3,5-6,8-17,19-20H2,(H2,36,37,38,41)/t22?,23-,24+,27?,28?,31?. The van der Waals surface area contributed by atoms with Crippen LogP contribution in [0, 0.1) is 29.1 Å². The van der Waals surface area contributed by atoms with E-state index < -0.39 is 0 Å². The molecule has 9 heteroatoms. The average molecular weight is 592 g/mol. The molecule has 42 heavy (non-hydrogen) atoms. The van der Waals surface area contributed by atoms with Gasteiger partial charge < -0.3 is 26.0 Å². The molecule has 4 N–H and O–H groups in total. The van der Waals surface area contributed by atoms with Gasteiger partial charge in [-0.15, -0.1) is 0 Å². The molecule has 0 spiro atoms. The van der Waals surface area contributed by atoms with Crippen molar-refractivity contribution in [3.05, 3.63) is 46.6 Å². The van der Waals surface area contributed by atoms with Crippen molar-refractivity contribution in [2.24, 2.45) is 17.8 Å². The summed E-state index contributed by atoms with van der Waals surface area (Å²) in [5.41, 5.74) is 1.47. The molecular weight excluding hydrogens is 546 g/mol. The van der Waals surface area contributed by atoms with Crippen molar-refractivity contribution < 1.29 is 4.74 Å². The number of anilines is 2. The monoisotopic (exact) mass is 591 g/mol. The minimum Gasteiger partial charge on any atom is -0.381 e. The van der Waals surface area contributed by atoms with Gasteiger partial charge >= 0.3 is 0 Å². The number of rotatable bonds is 10. The molecule has 1 aromatic heterocycles. The van der Waals surface area contributed by atoms with E-state index in [-0.39, 0.29) is 0 Å².